The Balaban J connectivity index is 1.19. The third-order valence-electron chi connectivity index (χ3n) is 9.71. The quantitative estimate of drug-likeness (QED) is 0.121. The SMILES string of the molecule is COC[C@H]1O[C@@H](n2cnc3c(NCC(c4ccccc4)c4ccccc4)nc(CNS(=O)(=O)c4ccc(C5CCNCC5)cc4)nc32)[C@@H](O)[C@@H]1O. The predicted molar refractivity (Wildman–Crippen MR) is 192 cm³/mol. The van der Waals surface area contributed by atoms with E-state index >= 15 is 0 Å². The average Bonchev–Trinajstić information content (AvgIpc) is 3.72. The summed E-state index contributed by atoms with van der Waals surface area (Å²) in [5.74, 6) is 0.930. The van der Waals surface area contributed by atoms with Gasteiger partial charge in [0.05, 0.1) is 24.4 Å². The van der Waals surface area contributed by atoms with Crippen LogP contribution in [0.5, 0.6) is 0 Å². The zero-order valence-electron chi connectivity index (χ0n) is 28.3. The van der Waals surface area contributed by atoms with Gasteiger partial charge in [0, 0.05) is 19.6 Å². The van der Waals surface area contributed by atoms with E-state index in [2.05, 4.69) is 44.6 Å². The lowest BCUT2D eigenvalue weighted by Crippen LogP contribution is -2.33. The summed E-state index contributed by atoms with van der Waals surface area (Å²) < 4.78 is 42.3. The summed E-state index contributed by atoms with van der Waals surface area (Å²) in [7, 11) is -2.42. The number of nitrogens with one attached hydrogen (secondary N) is 3. The van der Waals surface area contributed by atoms with Crippen molar-refractivity contribution in [1.29, 1.82) is 0 Å². The van der Waals surface area contributed by atoms with Gasteiger partial charge in [-0.1, -0.05) is 72.8 Å². The van der Waals surface area contributed by atoms with Crippen molar-refractivity contribution in [3.63, 3.8) is 0 Å². The monoisotopic (exact) mass is 713 g/mol. The van der Waals surface area contributed by atoms with Gasteiger partial charge in [-0.05, 0) is 60.7 Å². The fourth-order valence-electron chi connectivity index (χ4n) is 6.93. The Morgan fingerprint density at radius 2 is 1.61 bits per heavy atom. The van der Waals surface area contributed by atoms with Gasteiger partial charge in [-0.15, -0.1) is 0 Å². The number of nitrogens with zero attached hydrogens (tertiary/aromatic N) is 4. The fourth-order valence-corrected chi connectivity index (χ4v) is 7.91. The number of aromatic nitrogens is 4. The Kier molecular flexibility index (Phi) is 10.7. The maximum Gasteiger partial charge on any atom is 0.240 e. The molecule has 5 aromatic rings. The molecule has 2 saturated heterocycles. The number of piperidine rings is 1. The van der Waals surface area contributed by atoms with Crippen molar-refractivity contribution in [2.45, 2.75) is 60.7 Å². The van der Waals surface area contributed by atoms with Crippen molar-refractivity contribution in [2.75, 3.05) is 38.7 Å². The van der Waals surface area contributed by atoms with Crippen LogP contribution in [0, 0.1) is 0 Å². The number of benzene rings is 3. The highest BCUT2D eigenvalue weighted by Gasteiger charge is 2.44. The van der Waals surface area contributed by atoms with Crippen LogP contribution in [0.4, 0.5) is 5.82 Å². The Hall–Kier alpha value is -4.28. The molecule has 14 heteroatoms. The van der Waals surface area contributed by atoms with E-state index in [0.717, 1.165) is 42.6 Å². The minimum Gasteiger partial charge on any atom is -0.387 e. The Morgan fingerprint density at radius 1 is 0.941 bits per heavy atom. The summed E-state index contributed by atoms with van der Waals surface area (Å²) in [5, 5.41) is 28.4. The predicted octanol–water partition coefficient (Wildman–Crippen LogP) is 3.28. The summed E-state index contributed by atoms with van der Waals surface area (Å²) in [6, 6.07) is 27.3. The number of methoxy groups -OCH3 is 1. The first-order valence-electron chi connectivity index (χ1n) is 17.2. The standard InChI is InChI=1S/C37H43N7O6S/c1-49-22-30-33(45)34(46)37(50-30)44-23-40-32-35(39-20-29(26-8-4-2-5-9-26)27-10-6-3-7-11-27)42-31(43-36(32)44)21-41-51(47,48)28-14-12-24(13-15-28)25-16-18-38-19-17-25/h2-15,23,25,29-30,33-34,37-38,41,45-46H,16-22H2,1H3,(H,39,42,43)/t30-,33-,34+,37-/m1/s1. The van der Waals surface area contributed by atoms with Crippen LogP contribution in [0.1, 0.15) is 53.4 Å². The number of imidazole rings is 1. The van der Waals surface area contributed by atoms with Crippen LogP contribution in [0.2, 0.25) is 0 Å². The van der Waals surface area contributed by atoms with E-state index < -0.39 is 34.6 Å². The van der Waals surface area contributed by atoms with E-state index in [4.69, 9.17) is 19.4 Å². The molecule has 51 heavy (non-hydrogen) atoms. The lowest BCUT2D eigenvalue weighted by atomic mass is 9.90. The molecule has 2 aliphatic rings. The molecule has 13 nitrogen and oxygen atoms in total. The van der Waals surface area contributed by atoms with Crippen LogP contribution >= 0.6 is 0 Å². The number of fused-ring (bicyclic) bond motifs is 1. The summed E-state index contributed by atoms with van der Waals surface area (Å²) in [5.41, 5.74) is 4.04. The van der Waals surface area contributed by atoms with Gasteiger partial charge in [-0.3, -0.25) is 4.57 Å². The molecule has 0 amide bonds. The van der Waals surface area contributed by atoms with Crippen LogP contribution in [-0.2, 0) is 26.0 Å². The number of anilines is 1. The molecule has 2 fully saturated rings. The lowest BCUT2D eigenvalue weighted by Gasteiger charge is -2.23. The van der Waals surface area contributed by atoms with E-state index in [0.29, 0.717) is 29.4 Å². The molecular formula is C37H43N7O6S. The molecule has 0 spiro atoms. The molecule has 0 unspecified atom stereocenters. The van der Waals surface area contributed by atoms with Crippen LogP contribution < -0.4 is 15.4 Å². The molecule has 0 radical (unpaired) electrons. The molecule has 2 aliphatic heterocycles. The average molecular weight is 714 g/mol. The van der Waals surface area contributed by atoms with Gasteiger partial charge in [0.1, 0.15) is 24.1 Å². The van der Waals surface area contributed by atoms with Gasteiger partial charge >= 0.3 is 0 Å². The smallest absolute Gasteiger partial charge is 0.240 e. The van der Waals surface area contributed by atoms with Gasteiger partial charge in [-0.2, -0.15) is 0 Å². The van der Waals surface area contributed by atoms with Crippen molar-refractivity contribution in [3.05, 3.63) is 114 Å². The van der Waals surface area contributed by atoms with Crippen LogP contribution in [0.3, 0.4) is 0 Å². The minimum atomic E-state index is -3.91. The highest BCUT2D eigenvalue weighted by atomic mass is 32.2. The van der Waals surface area contributed by atoms with Gasteiger partial charge in [-0.25, -0.2) is 28.1 Å². The first-order valence-corrected chi connectivity index (χ1v) is 18.7. The number of aliphatic hydroxyl groups excluding tert-OH is 2. The summed E-state index contributed by atoms with van der Waals surface area (Å²) in [4.78, 5) is 14.2. The van der Waals surface area contributed by atoms with Crippen molar-refractivity contribution < 1.29 is 28.1 Å². The molecule has 0 saturated carbocycles. The summed E-state index contributed by atoms with van der Waals surface area (Å²) in [6.45, 7) is 2.21. The Labute approximate surface area is 297 Å². The Bertz CT molecular complexity index is 1970. The second kappa shape index (κ2) is 15.5. The first-order chi connectivity index (χ1) is 24.8. The zero-order chi connectivity index (χ0) is 35.4. The molecule has 3 aromatic carbocycles. The van der Waals surface area contributed by atoms with Crippen molar-refractivity contribution >= 4 is 27.0 Å². The van der Waals surface area contributed by atoms with Crippen LogP contribution in [0.25, 0.3) is 11.2 Å². The van der Waals surface area contributed by atoms with Crippen molar-refractivity contribution in [3.8, 4) is 0 Å². The molecule has 0 bridgehead atoms. The van der Waals surface area contributed by atoms with Crippen molar-refractivity contribution in [1.82, 2.24) is 29.6 Å². The molecule has 2 aromatic heterocycles. The van der Waals surface area contributed by atoms with Crippen LogP contribution in [0.15, 0.2) is 96.2 Å². The Morgan fingerprint density at radius 3 is 2.25 bits per heavy atom. The number of ether oxygens (including phenoxy) is 2. The largest absolute Gasteiger partial charge is 0.387 e. The van der Waals surface area contributed by atoms with Crippen LogP contribution in [-0.4, -0.2) is 89.8 Å². The van der Waals surface area contributed by atoms with Gasteiger partial charge in [0.15, 0.2) is 23.2 Å². The van der Waals surface area contributed by atoms with Gasteiger partial charge in [0.25, 0.3) is 0 Å². The molecular weight excluding hydrogens is 671 g/mol. The topological polar surface area (TPSA) is 173 Å². The minimum absolute atomic E-state index is 0.0424. The maximum absolute atomic E-state index is 13.5. The number of hydrogen-bond acceptors (Lipinski definition) is 11. The lowest BCUT2D eigenvalue weighted by molar-refractivity contribution is -0.0580. The normalized spacial score (nSPS) is 21.4. The number of sulfonamides is 1. The van der Waals surface area contributed by atoms with E-state index in [-0.39, 0.29) is 29.8 Å². The number of hydrogen-bond donors (Lipinski definition) is 5. The van der Waals surface area contributed by atoms with E-state index in [1.807, 2.05) is 48.5 Å². The highest BCUT2D eigenvalue weighted by Crippen LogP contribution is 2.33. The summed E-state index contributed by atoms with van der Waals surface area (Å²) in [6.07, 6.45) is -0.757. The van der Waals surface area contributed by atoms with E-state index in [1.165, 1.54) is 18.0 Å². The fraction of sp³-hybridized carbons (Fsp3) is 0.378. The molecule has 5 N–H and O–H groups in total. The molecule has 7 rings (SSSR count). The molecule has 0 aliphatic carbocycles. The van der Waals surface area contributed by atoms with Gasteiger partial charge in [0.2, 0.25) is 10.0 Å². The molecule has 4 heterocycles. The second-order valence-corrected chi connectivity index (χ2v) is 14.8. The second-order valence-electron chi connectivity index (χ2n) is 13.0. The van der Waals surface area contributed by atoms with Crippen molar-refractivity contribution in [2.24, 2.45) is 0 Å². The van der Waals surface area contributed by atoms with E-state index in [9.17, 15) is 18.6 Å². The van der Waals surface area contributed by atoms with E-state index in [1.54, 1.807) is 12.1 Å². The zero-order valence-corrected chi connectivity index (χ0v) is 29.1. The third-order valence-corrected chi connectivity index (χ3v) is 11.1. The molecule has 4 atom stereocenters. The number of aliphatic hydroxyl groups is 2. The highest BCUT2D eigenvalue weighted by molar-refractivity contribution is 7.89. The van der Waals surface area contributed by atoms with Gasteiger partial charge < -0.3 is 30.3 Å². The maximum atomic E-state index is 13.5. The first kappa shape index (κ1) is 35.1. The number of rotatable bonds is 13. The molecule has 268 valence electrons. The summed E-state index contributed by atoms with van der Waals surface area (Å²) >= 11 is 0. The third kappa shape index (κ3) is 7.67.